The van der Waals surface area contributed by atoms with Crippen molar-refractivity contribution in [3.63, 3.8) is 0 Å². The molecule has 1 heterocycles. The van der Waals surface area contributed by atoms with Crippen LogP contribution in [-0.2, 0) is 11.0 Å². The zero-order chi connectivity index (χ0) is 13.3. The quantitative estimate of drug-likeness (QED) is 0.855. The molecule has 0 saturated heterocycles. The summed E-state index contributed by atoms with van der Waals surface area (Å²) in [5.74, 6) is -0.0946. The lowest BCUT2D eigenvalue weighted by molar-refractivity contribution is 0.499. The van der Waals surface area contributed by atoms with Crippen LogP contribution in [-0.4, -0.2) is 13.9 Å². The van der Waals surface area contributed by atoms with Crippen LogP contribution in [0, 0.1) is 11.9 Å². The van der Waals surface area contributed by atoms with Gasteiger partial charge in [-0.2, -0.15) is 4.39 Å². The topological polar surface area (TPSA) is 42.0 Å². The number of hydrogen-bond acceptors (Lipinski definition) is 2. The molecular weight excluding hydrogens is 251 g/mol. The molecule has 1 N–H and O–H groups in total. The fraction of sp³-hybridized carbons (Fsp3) is 0.615. The van der Waals surface area contributed by atoms with Gasteiger partial charge in [0.05, 0.1) is 21.8 Å². The molecule has 1 aliphatic rings. The molecule has 2 rings (SSSR count). The Bertz CT molecular complexity index is 455. The van der Waals surface area contributed by atoms with Gasteiger partial charge in [0.1, 0.15) is 0 Å². The zero-order valence-corrected chi connectivity index (χ0v) is 11.8. The molecule has 1 aliphatic carbocycles. The van der Waals surface area contributed by atoms with Gasteiger partial charge in [-0.1, -0.05) is 6.07 Å². The molecule has 0 radical (unpaired) electrons. The molecule has 0 aliphatic heterocycles. The summed E-state index contributed by atoms with van der Waals surface area (Å²) in [6.45, 7) is 5.71. The van der Waals surface area contributed by atoms with Gasteiger partial charge in [-0.05, 0) is 45.6 Å². The average Bonchev–Trinajstić information content (AvgIpc) is 3.09. The SMILES string of the molecule is CC(C)(C)[S@](=O)N[C@@H](c1cccnc1F)C1CC1. The second-order valence-electron chi connectivity index (χ2n) is 5.70. The Kier molecular flexibility index (Phi) is 3.82. The highest BCUT2D eigenvalue weighted by molar-refractivity contribution is 7.84. The Morgan fingerprint density at radius 3 is 2.67 bits per heavy atom. The van der Waals surface area contributed by atoms with Gasteiger partial charge in [0.2, 0.25) is 5.95 Å². The summed E-state index contributed by atoms with van der Waals surface area (Å²) >= 11 is 0. The van der Waals surface area contributed by atoms with E-state index in [4.69, 9.17) is 0 Å². The van der Waals surface area contributed by atoms with Crippen LogP contribution in [0.1, 0.15) is 45.2 Å². The van der Waals surface area contributed by atoms with Crippen molar-refractivity contribution in [1.82, 2.24) is 9.71 Å². The van der Waals surface area contributed by atoms with E-state index in [1.807, 2.05) is 20.8 Å². The van der Waals surface area contributed by atoms with Gasteiger partial charge in [-0.15, -0.1) is 0 Å². The van der Waals surface area contributed by atoms with Crippen molar-refractivity contribution in [1.29, 1.82) is 0 Å². The van der Waals surface area contributed by atoms with E-state index < -0.39 is 16.9 Å². The van der Waals surface area contributed by atoms with Crippen LogP contribution in [0.5, 0.6) is 0 Å². The minimum absolute atomic E-state index is 0.196. The highest BCUT2D eigenvalue weighted by Gasteiger charge is 2.36. The lowest BCUT2D eigenvalue weighted by atomic mass is 10.1. The number of rotatable bonds is 4. The number of pyridine rings is 1. The molecule has 0 spiro atoms. The molecule has 100 valence electrons. The monoisotopic (exact) mass is 270 g/mol. The lowest BCUT2D eigenvalue weighted by Gasteiger charge is -2.24. The third kappa shape index (κ3) is 3.14. The maximum absolute atomic E-state index is 13.7. The van der Waals surface area contributed by atoms with E-state index in [1.165, 1.54) is 6.20 Å². The summed E-state index contributed by atoms with van der Waals surface area (Å²) in [6.07, 6.45) is 3.53. The molecule has 1 saturated carbocycles. The first-order chi connectivity index (χ1) is 8.39. The van der Waals surface area contributed by atoms with Gasteiger partial charge >= 0.3 is 0 Å². The number of hydrogen-bond donors (Lipinski definition) is 1. The standard InChI is InChI=1S/C13H19FN2OS/c1-13(2,3)18(17)16-11(9-6-7-9)10-5-4-8-15-12(10)14/h4-5,8-9,11,16H,6-7H2,1-3H3/t11-,18+/m1/s1. The van der Waals surface area contributed by atoms with Crippen molar-refractivity contribution in [2.24, 2.45) is 5.92 Å². The van der Waals surface area contributed by atoms with E-state index in [0.717, 1.165) is 12.8 Å². The molecule has 0 aromatic carbocycles. The minimum Gasteiger partial charge on any atom is -0.242 e. The van der Waals surface area contributed by atoms with E-state index in [9.17, 15) is 8.60 Å². The molecular formula is C13H19FN2OS. The van der Waals surface area contributed by atoms with Gasteiger partial charge in [0.25, 0.3) is 0 Å². The predicted octanol–water partition coefficient (Wildman–Crippen LogP) is 2.72. The van der Waals surface area contributed by atoms with Crippen LogP contribution in [0.15, 0.2) is 18.3 Å². The maximum atomic E-state index is 13.7. The average molecular weight is 270 g/mol. The van der Waals surface area contributed by atoms with Crippen LogP contribution in [0.2, 0.25) is 0 Å². The van der Waals surface area contributed by atoms with Crippen LogP contribution >= 0.6 is 0 Å². The second kappa shape index (κ2) is 5.05. The van der Waals surface area contributed by atoms with E-state index in [2.05, 4.69) is 9.71 Å². The Morgan fingerprint density at radius 1 is 1.50 bits per heavy atom. The van der Waals surface area contributed by atoms with Crippen LogP contribution in [0.4, 0.5) is 4.39 Å². The normalized spacial score (nSPS) is 19.6. The van der Waals surface area contributed by atoms with E-state index >= 15 is 0 Å². The van der Waals surface area contributed by atoms with E-state index in [0.29, 0.717) is 11.5 Å². The van der Waals surface area contributed by atoms with Crippen molar-refractivity contribution in [2.75, 3.05) is 0 Å². The third-order valence-corrected chi connectivity index (χ3v) is 4.59. The number of nitrogens with one attached hydrogen (secondary N) is 1. The van der Waals surface area contributed by atoms with Crippen molar-refractivity contribution in [2.45, 2.75) is 44.4 Å². The summed E-state index contributed by atoms with van der Waals surface area (Å²) in [7, 11) is -1.20. The van der Waals surface area contributed by atoms with Gasteiger partial charge in [0, 0.05) is 11.8 Å². The Morgan fingerprint density at radius 2 is 2.17 bits per heavy atom. The molecule has 18 heavy (non-hydrogen) atoms. The molecule has 1 fully saturated rings. The van der Waals surface area contributed by atoms with Crippen molar-refractivity contribution in [3.8, 4) is 0 Å². The number of halogens is 1. The number of nitrogens with zero attached hydrogens (tertiary/aromatic N) is 1. The predicted molar refractivity (Wildman–Crippen MR) is 70.7 cm³/mol. The van der Waals surface area contributed by atoms with Crippen LogP contribution in [0.3, 0.4) is 0 Å². The van der Waals surface area contributed by atoms with E-state index in [1.54, 1.807) is 12.1 Å². The van der Waals surface area contributed by atoms with Crippen LogP contribution < -0.4 is 4.72 Å². The summed E-state index contributed by atoms with van der Waals surface area (Å²) in [5, 5.41) is 0. The largest absolute Gasteiger partial charge is 0.242 e. The first-order valence-electron chi connectivity index (χ1n) is 6.18. The van der Waals surface area contributed by atoms with E-state index in [-0.39, 0.29) is 10.8 Å². The third-order valence-electron chi connectivity index (χ3n) is 3.01. The minimum atomic E-state index is -1.20. The second-order valence-corrected chi connectivity index (χ2v) is 7.70. The maximum Gasteiger partial charge on any atom is 0.217 e. The van der Waals surface area contributed by atoms with Crippen molar-refractivity contribution >= 4 is 11.0 Å². The lowest BCUT2D eigenvalue weighted by Crippen LogP contribution is -2.36. The van der Waals surface area contributed by atoms with Gasteiger partial charge < -0.3 is 0 Å². The van der Waals surface area contributed by atoms with Gasteiger partial charge in [0.15, 0.2) is 0 Å². The molecule has 5 heteroatoms. The fourth-order valence-electron chi connectivity index (χ4n) is 1.77. The first-order valence-corrected chi connectivity index (χ1v) is 7.33. The summed E-state index contributed by atoms with van der Waals surface area (Å²) in [4.78, 5) is 3.67. The Balaban J connectivity index is 2.20. The molecule has 1 aromatic rings. The molecule has 2 atom stereocenters. The Labute approximate surface area is 110 Å². The van der Waals surface area contributed by atoms with Crippen LogP contribution in [0.25, 0.3) is 0 Å². The highest BCUT2D eigenvalue weighted by atomic mass is 32.2. The van der Waals surface area contributed by atoms with Gasteiger partial charge in [-0.25, -0.2) is 13.9 Å². The molecule has 1 aromatic heterocycles. The number of aromatic nitrogens is 1. The van der Waals surface area contributed by atoms with Crippen molar-refractivity contribution < 1.29 is 8.60 Å². The molecule has 0 bridgehead atoms. The molecule has 3 nitrogen and oxygen atoms in total. The summed E-state index contributed by atoms with van der Waals surface area (Å²) < 4.78 is 28.6. The highest BCUT2D eigenvalue weighted by Crippen LogP contribution is 2.42. The summed E-state index contributed by atoms with van der Waals surface area (Å²) in [5.41, 5.74) is 0.526. The zero-order valence-electron chi connectivity index (χ0n) is 10.9. The summed E-state index contributed by atoms with van der Waals surface area (Å²) in [6, 6.07) is 3.24. The van der Waals surface area contributed by atoms with Crippen molar-refractivity contribution in [3.05, 3.63) is 29.8 Å². The van der Waals surface area contributed by atoms with Gasteiger partial charge in [-0.3, -0.25) is 0 Å². The first kappa shape index (κ1) is 13.6. The molecule has 0 amide bonds. The smallest absolute Gasteiger partial charge is 0.217 e. The molecule has 0 unspecified atom stereocenters. The fourth-order valence-corrected chi connectivity index (χ4v) is 2.67. The Hall–Kier alpha value is -0.810.